The van der Waals surface area contributed by atoms with Gasteiger partial charge in [-0.2, -0.15) is 0 Å². The van der Waals surface area contributed by atoms with E-state index in [-0.39, 0.29) is 59.4 Å². The standard InChI is InChI=1S/C56H67F2N11O6/c1-31(2)48(64-55(72)74-5)53(70)67-23-9-12-46(67)51-60-40-16-14-34(27-42(40)62-51)44-18-19-45(69(44)36-29-37(57)50(38(58)30-36)66-25-20-33(21-26-66)39-11-7-8-22-59-39)35-15-17-41-43(28-35)63-52(61-41)47-13-10-24-68(47)54(71)49(32(3)4)65-56(73)75-6/h7-8,11,14-17,22,27-33,44-49H,9-10,12-13,18-21,23-26H2,1-6H3,(H,60,62)(H,61,63)(H,64,72)(H,65,73)/t44-,45-,46+,47+,48+,49?/m1/s1. The summed E-state index contributed by atoms with van der Waals surface area (Å²) in [6, 6.07) is 18.1. The van der Waals surface area contributed by atoms with Crippen LogP contribution in [-0.2, 0) is 19.1 Å². The highest BCUT2D eigenvalue weighted by atomic mass is 19.1. The molecule has 0 spiro atoms. The number of aromatic amines is 2. The molecule has 10 rings (SSSR count). The molecule has 19 heteroatoms. The molecule has 0 bridgehead atoms. The zero-order valence-corrected chi connectivity index (χ0v) is 43.4. The highest BCUT2D eigenvalue weighted by Crippen LogP contribution is 2.49. The molecule has 0 radical (unpaired) electrons. The number of halogens is 2. The highest BCUT2D eigenvalue weighted by molar-refractivity contribution is 5.88. The Labute approximate surface area is 435 Å². The highest BCUT2D eigenvalue weighted by Gasteiger charge is 2.41. The van der Waals surface area contributed by atoms with Gasteiger partial charge in [0.05, 0.1) is 60.5 Å². The van der Waals surface area contributed by atoms with E-state index in [0.29, 0.717) is 80.2 Å². The number of nitrogens with one attached hydrogen (secondary N) is 4. The molecule has 4 aliphatic heterocycles. The number of rotatable bonds is 13. The van der Waals surface area contributed by atoms with Crippen LogP contribution in [0.2, 0.25) is 0 Å². The van der Waals surface area contributed by atoms with E-state index in [1.54, 1.807) is 16.0 Å². The Morgan fingerprint density at radius 2 is 1.12 bits per heavy atom. The molecular formula is C56H67F2N11O6. The Morgan fingerprint density at radius 1 is 0.627 bits per heavy atom. The van der Waals surface area contributed by atoms with E-state index in [2.05, 4.69) is 30.5 Å². The molecule has 6 atom stereocenters. The zero-order valence-electron chi connectivity index (χ0n) is 43.4. The number of aromatic nitrogens is 5. The zero-order chi connectivity index (χ0) is 52.7. The van der Waals surface area contributed by atoms with Gasteiger partial charge < -0.3 is 49.7 Å². The number of H-pyrrole nitrogens is 2. The average Bonchev–Trinajstić information content (AvgIpc) is 4.28. The smallest absolute Gasteiger partial charge is 0.407 e. The molecule has 4 aliphatic rings. The van der Waals surface area contributed by atoms with Gasteiger partial charge in [-0.25, -0.2) is 28.3 Å². The van der Waals surface area contributed by atoms with Crippen LogP contribution in [0.4, 0.5) is 29.7 Å². The topological polar surface area (TPSA) is 194 Å². The third kappa shape index (κ3) is 10.2. The van der Waals surface area contributed by atoms with Crippen LogP contribution in [0.25, 0.3) is 22.1 Å². The van der Waals surface area contributed by atoms with Gasteiger partial charge in [0, 0.05) is 49.7 Å². The van der Waals surface area contributed by atoms with Crippen LogP contribution in [0.1, 0.15) is 138 Å². The maximum atomic E-state index is 16.8. The number of carbonyl (C=O) groups excluding carboxylic acids is 4. The first-order chi connectivity index (χ1) is 36.2. The van der Waals surface area contributed by atoms with Crippen LogP contribution in [0.3, 0.4) is 0 Å². The summed E-state index contributed by atoms with van der Waals surface area (Å²) in [7, 11) is 2.55. The first kappa shape index (κ1) is 51.2. The van der Waals surface area contributed by atoms with Gasteiger partial charge in [0.1, 0.15) is 29.4 Å². The lowest BCUT2D eigenvalue weighted by Crippen LogP contribution is -2.51. The van der Waals surface area contributed by atoms with Gasteiger partial charge in [-0.1, -0.05) is 45.9 Å². The molecule has 4 amide bonds. The van der Waals surface area contributed by atoms with Crippen molar-refractivity contribution in [1.82, 2.24) is 45.4 Å². The third-order valence-corrected chi connectivity index (χ3v) is 15.9. The Morgan fingerprint density at radius 3 is 1.56 bits per heavy atom. The second-order valence-electron chi connectivity index (χ2n) is 21.2. The number of benzene rings is 3. The quantitative estimate of drug-likeness (QED) is 0.0861. The van der Waals surface area contributed by atoms with Gasteiger partial charge in [0.15, 0.2) is 11.6 Å². The van der Waals surface area contributed by atoms with Crippen molar-refractivity contribution in [3.63, 3.8) is 0 Å². The summed E-state index contributed by atoms with van der Waals surface area (Å²) in [5.41, 5.74) is 6.20. The molecule has 1 unspecified atom stereocenters. The minimum absolute atomic E-state index is 0.0260. The maximum absolute atomic E-state index is 16.8. The molecule has 7 heterocycles. The first-order valence-electron chi connectivity index (χ1n) is 26.4. The minimum Gasteiger partial charge on any atom is -0.453 e. The Bertz CT molecular complexity index is 2900. The third-order valence-electron chi connectivity index (χ3n) is 15.9. The van der Waals surface area contributed by atoms with Crippen LogP contribution in [0.15, 0.2) is 72.9 Å². The Kier molecular flexibility index (Phi) is 14.7. The number of carbonyl (C=O) groups is 4. The van der Waals surface area contributed by atoms with E-state index < -0.39 is 35.9 Å². The number of imidazole rings is 2. The Hall–Kier alpha value is -7.31. The number of amides is 4. The van der Waals surface area contributed by atoms with Gasteiger partial charge in [-0.05, 0) is 123 Å². The number of hydrogen-bond acceptors (Lipinski definition) is 11. The number of piperidine rings is 1. The van der Waals surface area contributed by atoms with E-state index in [1.807, 2.05) is 87.2 Å². The number of likely N-dealkylation sites (tertiary alicyclic amines) is 2. The fourth-order valence-electron chi connectivity index (χ4n) is 12.0. The number of hydrogen-bond donors (Lipinski definition) is 4. The van der Waals surface area contributed by atoms with Gasteiger partial charge in [0.25, 0.3) is 0 Å². The van der Waals surface area contributed by atoms with Crippen LogP contribution < -0.4 is 20.4 Å². The summed E-state index contributed by atoms with van der Waals surface area (Å²) in [6.45, 7) is 9.55. The number of alkyl carbamates (subject to hydrolysis) is 2. The molecule has 0 saturated carbocycles. The fraction of sp³-hybridized carbons (Fsp3) is 0.482. The van der Waals surface area contributed by atoms with Crippen LogP contribution >= 0.6 is 0 Å². The molecule has 17 nitrogen and oxygen atoms in total. The van der Waals surface area contributed by atoms with Crippen LogP contribution in [-0.4, -0.2) is 111 Å². The molecule has 3 aromatic carbocycles. The molecule has 4 fully saturated rings. The van der Waals surface area contributed by atoms with Crippen molar-refractivity contribution in [1.29, 1.82) is 0 Å². The fourth-order valence-corrected chi connectivity index (χ4v) is 12.0. The van der Waals surface area contributed by atoms with Crippen LogP contribution in [0, 0.1) is 23.5 Å². The van der Waals surface area contributed by atoms with Crippen molar-refractivity contribution in [2.24, 2.45) is 11.8 Å². The van der Waals surface area contributed by atoms with E-state index in [9.17, 15) is 19.2 Å². The molecular weight excluding hydrogens is 961 g/mol. The molecule has 6 aromatic rings. The predicted octanol–water partition coefficient (Wildman–Crippen LogP) is 9.67. The maximum Gasteiger partial charge on any atom is 0.407 e. The molecule has 4 N–H and O–H groups in total. The molecule has 75 heavy (non-hydrogen) atoms. The summed E-state index contributed by atoms with van der Waals surface area (Å²) >= 11 is 0. The lowest BCUT2D eigenvalue weighted by Gasteiger charge is -2.36. The number of fused-ring (bicyclic) bond motifs is 2. The molecule has 3 aromatic heterocycles. The number of nitrogens with zero attached hydrogens (tertiary/aromatic N) is 7. The van der Waals surface area contributed by atoms with Gasteiger partial charge in [-0.3, -0.25) is 14.6 Å². The minimum atomic E-state index is -0.770. The van der Waals surface area contributed by atoms with Crippen molar-refractivity contribution in [3.8, 4) is 0 Å². The van der Waals surface area contributed by atoms with Crippen molar-refractivity contribution in [2.75, 3.05) is 50.2 Å². The largest absolute Gasteiger partial charge is 0.453 e. The lowest BCUT2D eigenvalue weighted by atomic mass is 9.92. The number of methoxy groups -OCH3 is 2. The normalized spacial score (nSPS) is 21.1. The van der Waals surface area contributed by atoms with Crippen molar-refractivity contribution >= 4 is 57.4 Å². The van der Waals surface area contributed by atoms with Crippen molar-refractivity contribution in [3.05, 3.63) is 113 Å². The second-order valence-corrected chi connectivity index (χ2v) is 21.2. The molecule has 4 saturated heterocycles. The number of pyridine rings is 1. The Balaban J connectivity index is 0.965. The summed E-state index contributed by atoms with van der Waals surface area (Å²) in [4.78, 5) is 81.6. The van der Waals surface area contributed by atoms with Gasteiger partial charge in [0.2, 0.25) is 11.8 Å². The lowest BCUT2D eigenvalue weighted by molar-refractivity contribution is -0.136. The summed E-state index contributed by atoms with van der Waals surface area (Å²) < 4.78 is 43.3. The second kappa shape index (κ2) is 21.5. The SMILES string of the molecule is COC(=O)NC(C(=O)N1CCC[C@H]1c1nc2cc([C@H]3CC[C@H](c4ccc5[nH]c([C@@H]6CCCN6C(=O)[C@@H](NC(=O)OC)C(C)C)nc5c4)N3c3cc(F)c(N4CCC(c5ccccn5)CC4)c(F)c3)ccc2[nH]1)C(C)C. The van der Waals surface area contributed by atoms with E-state index in [0.717, 1.165) is 53.5 Å². The predicted molar refractivity (Wildman–Crippen MR) is 280 cm³/mol. The van der Waals surface area contributed by atoms with Gasteiger partial charge >= 0.3 is 12.2 Å². The summed E-state index contributed by atoms with van der Waals surface area (Å²) in [6.07, 6.45) is 6.16. The van der Waals surface area contributed by atoms with E-state index in [1.165, 1.54) is 26.4 Å². The first-order valence-corrected chi connectivity index (χ1v) is 26.4. The number of anilines is 2. The summed E-state index contributed by atoms with van der Waals surface area (Å²) in [5, 5.41) is 5.43. The van der Waals surface area contributed by atoms with Gasteiger partial charge in [-0.15, -0.1) is 0 Å². The molecule has 396 valence electrons. The average molecular weight is 1030 g/mol. The van der Waals surface area contributed by atoms with Crippen molar-refractivity contribution in [2.45, 2.75) is 121 Å². The van der Waals surface area contributed by atoms with E-state index >= 15 is 8.78 Å². The summed E-state index contributed by atoms with van der Waals surface area (Å²) in [5.74, 6) is -0.497. The van der Waals surface area contributed by atoms with E-state index in [4.69, 9.17) is 19.4 Å². The number of ether oxygens (including phenoxy) is 2. The van der Waals surface area contributed by atoms with Crippen molar-refractivity contribution < 1.29 is 37.4 Å². The van der Waals surface area contributed by atoms with Crippen LogP contribution in [0.5, 0.6) is 0 Å². The molecule has 0 aliphatic carbocycles. The monoisotopic (exact) mass is 1030 g/mol.